The van der Waals surface area contributed by atoms with E-state index in [0.29, 0.717) is 10.0 Å². The fraction of sp³-hybridized carbons (Fsp3) is 0.143. The third-order valence-electron chi connectivity index (χ3n) is 2.65. The summed E-state index contributed by atoms with van der Waals surface area (Å²) >= 11 is 18.3. The lowest BCUT2D eigenvalue weighted by Crippen LogP contribution is -1.97. The van der Waals surface area contributed by atoms with E-state index in [-0.39, 0.29) is 5.38 Å². The largest absolute Gasteiger partial charge is 0.496 e. The Balaban J connectivity index is 2.41. The number of halogens is 3. The van der Waals surface area contributed by atoms with Gasteiger partial charge in [-0.05, 0) is 23.8 Å². The minimum absolute atomic E-state index is 0.323. The lowest BCUT2D eigenvalue weighted by atomic mass is 10.0. The first-order valence-corrected chi connectivity index (χ1v) is 6.54. The molecule has 0 aliphatic carbocycles. The van der Waals surface area contributed by atoms with Gasteiger partial charge in [0.25, 0.3) is 0 Å². The molecule has 0 aromatic heterocycles. The van der Waals surface area contributed by atoms with Crippen molar-refractivity contribution < 1.29 is 4.74 Å². The fourth-order valence-electron chi connectivity index (χ4n) is 1.73. The van der Waals surface area contributed by atoms with E-state index in [4.69, 9.17) is 39.5 Å². The molecule has 0 fully saturated rings. The van der Waals surface area contributed by atoms with Crippen LogP contribution in [0.3, 0.4) is 0 Å². The zero-order chi connectivity index (χ0) is 13.1. The second-order valence-electron chi connectivity index (χ2n) is 3.78. The molecule has 0 aliphatic rings. The van der Waals surface area contributed by atoms with E-state index in [1.807, 2.05) is 30.3 Å². The SMILES string of the molecule is COc1ccccc1C(Cl)c1ccc(Cl)c(Cl)c1. The molecule has 0 amide bonds. The molecular formula is C14H11Cl3O. The van der Waals surface area contributed by atoms with Crippen LogP contribution >= 0.6 is 34.8 Å². The van der Waals surface area contributed by atoms with Gasteiger partial charge in [0, 0.05) is 5.56 Å². The lowest BCUT2D eigenvalue weighted by molar-refractivity contribution is 0.410. The van der Waals surface area contributed by atoms with Crippen molar-refractivity contribution in [1.82, 2.24) is 0 Å². The maximum Gasteiger partial charge on any atom is 0.123 e. The molecule has 94 valence electrons. The van der Waals surface area contributed by atoms with E-state index >= 15 is 0 Å². The summed E-state index contributed by atoms with van der Waals surface area (Å²) in [5, 5.41) is 0.690. The van der Waals surface area contributed by atoms with Gasteiger partial charge in [0.1, 0.15) is 5.75 Å². The van der Waals surface area contributed by atoms with Crippen molar-refractivity contribution in [3.63, 3.8) is 0 Å². The Bertz CT molecular complexity index is 554. The maximum atomic E-state index is 6.46. The Labute approximate surface area is 121 Å². The van der Waals surface area contributed by atoms with Crippen LogP contribution in [0.4, 0.5) is 0 Å². The van der Waals surface area contributed by atoms with Crippen molar-refractivity contribution in [3.8, 4) is 5.75 Å². The zero-order valence-electron chi connectivity index (χ0n) is 9.66. The molecule has 0 radical (unpaired) electrons. The normalized spacial score (nSPS) is 12.2. The van der Waals surface area contributed by atoms with Crippen molar-refractivity contribution in [2.75, 3.05) is 7.11 Å². The third-order valence-corrected chi connectivity index (χ3v) is 3.87. The molecular weight excluding hydrogens is 291 g/mol. The molecule has 1 unspecified atom stereocenters. The minimum atomic E-state index is -0.323. The number of rotatable bonds is 3. The molecule has 0 saturated heterocycles. The van der Waals surface area contributed by atoms with Gasteiger partial charge in [0.05, 0.1) is 22.5 Å². The molecule has 2 rings (SSSR count). The summed E-state index contributed by atoms with van der Waals surface area (Å²) in [6.07, 6.45) is 0. The van der Waals surface area contributed by atoms with Gasteiger partial charge < -0.3 is 4.74 Å². The second kappa shape index (κ2) is 5.83. The van der Waals surface area contributed by atoms with Crippen LogP contribution in [0.5, 0.6) is 5.75 Å². The quantitative estimate of drug-likeness (QED) is 0.696. The van der Waals surface area contributed by atoms with E-state index in [1.54, 1.807) is 19.2 Å². The highest BCUT2D eigenvalue weighted by Crippen LogP contribution is 2.36. The number of hydrogen-bond acceptors (Lipinski definition) is 1. The summed E-state index contributed by atoms with van der Waals surface area (Å²) in [6, 6.07) is 13.0. The van der Waals surface area contributed by atoms with Gasteiger partial charge in [0.2, 0.25) is 0 Å². The highest BCUT2D eigenvalue weighted by Gasteiger charge is 2.16. The predicted molar refractivity (Wildman–Crippen MR) is 77.2 cm³/mol. The Hall–Kier alpha value is -0.890. The molecule has 0 bridgehead atoms. The fourth-order valence-corrected chi connectivity index (χ4v) is 2.35. The van der Waals surface area contributed by atoms with Gasteiger partial charge >= 0.3 is 0 Å². The topological polar surface area (TPSA) is 9.23 Å². The molecule has 18 heavy (non-hydrogen) atoms. The first kappa shape index (κ1) is 13.5. The van der Waals surface area contributed by atoms with Crippen LogP contribution in [0.15, 0.2) is 42.5 Å². The van der Waals surface area contributed by atoms with E-state index in [9.17, 15) is 0 Å². The Morgan fingerprint density at radius 1 is 1.00 bits per heavy atom. The molecule has 2 aromatic rings. The van der Waals surface area contributed by atoms with Gasteiger partial charge in [-0.2, -0.15) is 0 Å². The molecule has 0 saturated carbocycles. The van der Waals surface area contributed by atoms with Crippen molar-refractivity contribution in [2.45, 2.75) is 5.38 Å². The van der Waals surface area contributed by atoms with Crippen molar-refractivity contribution in [1.29, 1.82) is 0 Å². The van der Waals surface area contributed by atoms with Crippen LogP contribution in [0.2, 0.25) is 10.0 Å². The number of benzene rings is 2. The van der Waals surface area contributed by atoms with Gasteiger partial charge in [0.15, 0.2) is 0 Å². The highest BCUT2D eigenvalue weighted by atomic mass is 35.5. The number of alkyl halides is 1. The monoisotopic (exact) mass is 300 g/mol. The summed E-state index contributed by atoms with van der Waals surface area (Å²) in [5.74, 6) is 0.753. The van der Waals surface area contributed by atoms with Crippen LogP contribution in [0, 0.1) is 0 Å². The first-order chi connectivity index (χ1) is 8.63. The Kier molecular flexibility index (Phi) is 4.39. The molecule has 1 atom stereocenters. The summed E-state index contributed by atoms with van der Waals surface area (Å²) < 4.78 is 5.30. The minimum Gasteiger partial charge on any atom is -0.496 e. The average Bonchev–Trinajstić information content (AvgIpc) is 2.41. The summed E-state index contributed by atoms with van der Waals surface area (Å²) in [6.45, 7) is 0. The Morgan fingerprint density at radius 2 is 1.72 bits per heavy atom. The number of hydrogen-bond donors (Lipinski definition) is 0. The molecule has 0 spiro atoms. The third kappa shape index (κ3) is 2.74. The van der Waals surface area contributed by atoms with E-state index < -0.39 is 0 Å². The van der Waals surface area contributed by atoms with Crippen LogP contribution in [0.1, 0.15) is 16.5 Å². The number of methoxy groups -OCH3 is 1. The number of ether oxygens (including phenoxy) is 1. The lowest BCUT2D eigenvalue weighted by Gasteiger charge is -2.14. The average molecular weight is 302 g/mol. The Morgan fingerprint density at radius 3 is 2.39 bits per heavy atom. The van der Waals surface area contributed by atoms with Crippen molar-refractivity contribution in [3.05, 3.63) is 63.6 Å². The van der Waals surface area contributed by atoms with Gasteiger partial charge in [-0.3, -0.25) is 0 Å². The summed E-state index contributed by atoms with van der Waals surface area (Å²) in [4.78, 5) is 0. The zero-order valence-corrected chi connectivity index (χ0v) is 11.9. The standard InChI is InChI=1S/C14H11Cl3O/c1-18-13-5-3-2-4-10(13)14(17)9-6-7-11(15)12(16)8-9/h2-8,14H,1H3. The number of para-hydroxylation sites is 1. The molecule has 0 N–H and O–H groups in total. The molecule has 1 nitrogen and oxygen atoms in total. The van der Waals surface area contributed by atoms with Crippen LogP contribution in [-0.2, 0) is 0 Å². The van der Waals surface area contributed by atoms with Crippen LogP contribution < -0.4 is 4.74 Å². The summed E-state index contributed by atoms with van der Waals surface area (Å²) in [5.41, 5.74) is 1.79. The van der Waals surface area contributed by atoms with Crippen LogP contribution in [-0.4, -0.2) is 7.11 Å². The summed E-state index contributed by atoms with van der Waals surface area (Å²) in [7, 11) is 1.62. The van der Waals surface area contributed by atoms with E-state index in [1.165, 1.54) is 0 Å². The molecule has 2 aromatic carbocycles. The van der Waals surface area contributed by atoms with E-state index in [0.717, 1.165) is 16.9 Å². The molecule has 4 heteroatoms. The highest BCUT2D eigenvalue weighted by molar-refractivity contribution is 6.42. The van der Waals surface area contributed by atoms with Crippen LogP contribution in [0.25, 0.3) is 0 Å². The molecule has 0 aliphatic heterocycles. The van der Waals surface area contributed by atoms with Gasteiger partial charge in [-0.1, -0.05) is 47.5 Å². The maximum absolute atomic E-state index is 6.46. The smallest absolute Gasteiger partial charge is 0.123 e. The first-order valence-electron chi connectivity index (χ1n) is 5.35. The predicted octanol–water partition coefficient (Wildman–Crippen LogP) is 5.33. The van der Waals surface area contributed by atoms with Gasteiger partial charge in [-0.25, -0.2) is 0 Å². The van der Waals surface area contributed by atoms with Gasteiger partial charge in [-0.15, -0.1) is 11.6 Å². The second-order valence-corrected chi connectivity index (χ2v) is 5.03. The molecule has 0 heterocycles. The van der Waals surface area contributed by atoms with Crippen molar-refractivity contribution >= 4 is 34.8 Å². The van der Waals surface area contributed by atoms with E-state index in [2.05, 4.69) is 0 Å². The van der Waals surface area contributed by atoms with Crippen molar-refractivity contribution in [2.24, 2.45) is 0 Å².